The molecule has 1 amide bonds. The Morgan fingerprint density at radius 2 is 1.69 bits per heavy atom. The molecule has 1 fully saturated rings. The van der Waals surface area contributed by atoms with E-state index in [0.29, 0.717) is 54.3 Å². The fraction of sp³-hybridized carbons (Fsp3) is 0.208. The summed E-state index contributed by atoms with van der Waals surface area (Å²) in [6, 6.07) is 15.3. The zero-order valence-electron chi connectivity index (χ0n) is 17.3. The first-order valence-corrected chi connectivity index (χ1v) is 11.2. The summed E-state index contributed by atoms with van der Waals surface area (Å²) in [5, 5.41) is 2.16. The van der Waals surface area contributed by atoms with Crippen LogP contribution in [0.2, 0.25) is 10.0 Å². The number of amides is 1. The van der Waals surface area contributed by atoms with E-state index in [0.717, 1.165) is 16.5 Å². The van der Waals surface area contributed by atoms with Crippen LogP contribution in [-0.2, 0) is 6.54 Å². The second kappa shape index (κ2) is 8.81. The molecule has 2 aromatic carbocycles. The minimum absolute atomic E-state index is 0.0378. The Hall–Kier alpha value is -3.09. The standard InChI is InChI=1S/C24H21Cl2N5O/c25-18-7-6-17(21(26)14-18)15-31-16-20(19-4-1-2-5-22(19)31)23(32)29-10-12-30(13-11-29)24-27-8-3-9-28-24/h1-9,14,16H,10-13,15H2. The van der Waals surface area contributed by atoms with Crippen molar-refractivity contribution in [2.75, 3.05) is 31.1 Å². The van der Waals surface area contributed by atoms with Crippen molar-refractivity contribution in [2.24, 2.45) is 0 Å². The van der Waals surface area contributed by atoms with Gasteiger partial charge in [0.15, 0.2) is 0 Å². The topological polar surface area (TPSA) is 54.3 Å². The second-order valence-electron chi connectivity index (χ2n) is 7.75. The first-order chi connectivity index (χ1) is 15.6. The summed E-state index contributed by atoms with van der Waals surface area (Å²) in [4.78, 5) is 26.1. The first kappa shape index (κ1) is 20.8. The number of para-hydroxylation sites is 1. The maximum atomic E-state index is 13.5. The lowest BCUT2D eigenvalue weighted by Gasteiger charge is -2.34. The predicted molar refractivity (Wildman–Crippen MR) is 128 cm³/mol. The van der Waals surface area contributed by atoms with E-state index in [4.69, 9.17) is 23.2 Å². The van der Waals surface area contributed by atoms with E-state index >= 15 is 0 Å². The van der Waals surface area contributed by atoms with Crippen molar-refractivity contribution < 1.29 is 4.79 Å². The van der Waals surface area contributed by atoms with Gasteiger partial charge in [-0.1, -0.05) is 47.5 Å². The molecule has 6 nitrogen and oxygen atoms in total. The molecular weight excluding hydrogens is 445 g/mol. The summed E-state index contributed by atoms with van der Waals surface area (Å²) >= 11 is 12.4. The molecule has 1 aliphatic heterocycles. The summed E-state index contributed by atoms with van der Waals surface area (Å²) in [7, 11) is 0. The van der Waals surface area contributed by atoms with Gasteiger partial charge in [0, 0.05) is 72.3 Å². The zero-order chi connectivity index (χ0) is 22.1. The molecule has 0 spiro atoms. The number of anilines is 1. The van der Waals surface area contributed by atoms with Gasteiger partial charge in [-0.2, -0.15) is 0 Å². The van der Waals surface area contributed by atoms with Crippen LogP contribution in [0.25, 0.3) is 10.9 Å². The van der Waals surface area contributed by atoms with Crippen molar-refractivity contribution in [2.45, 2.75) is 6.54 Å². The third-order valence-corrected chi connectivity index (χ3v) is 6.36. The Kier molecular flexibility index (Phi) is 5.72. The number of carbonyl (C=O) groups is 1. The fourth-order valence-corrected chi connectivity index (χ4v) is 4.58. The highest BCUT2D eigenvalue weighted by molar-refractivity contribution is 6.35. The monoisotopic (exact) mass is 465 g/mol. The van der Waals surface area contributed by atoms with Crippen LogP contribution in [0, 0.1) is 0 Å². The third kappa shape index (κ3) is 4.04. The number of hydrogen-bond donors (Lipinski definition) is 0. The Morgan fingerprint density at radius 3 is 2.44 bits per heavy atom. The largest absolute Gasteiger partial charge is 0.342 e. The zero-order valence-corrected chi connectivity index (χ0v) is 18.8. The highest BCUT2D eigenvalue weighted by atomic mass is 35.5. The van der Waals surface area contributed by atoms with Gasteiger partial charge < -0.3 is 14.4 Å². The third-order valence-electron chi connectivity index (χ3n) is 5.78. The Morgan fingerprint density at radius 1 is 0.938 bits per heavy atom. The molecule has 32 heavy (non-hydrogen) atoms. The molecule has 0 aliphatic carbocycles. The molecule has 2 aromatic heterocycles. The second-order valence-corrected chi connectivity index (χ2v) is 8.60. The van der Waals surface area contributed by atoms with E-state index < -0.39 is 0 Å². The molecule has 0 atom stereocenters. The molecule has 0 bridgehead atoms. The number of halogens is 2. The minimum Gasteiger partial charge on any atom is -0.342 e. The van der Waals surface area contributed by atoms with E-state index in [-0.39, 0.29) is 5.91 Å². The Labute approximate surface area is 196 Å². The Bertz CT molecular complexity index is 1270. The summed E-state index contributed by atoms with van der Waals surface area (Å²) in [6.45, 7) is 3.21. The van der Waals surface area contributed by atoms with Gasteiger partial charge in [-0.25, -0.2) is 9.97 Å². The van der Waals surface area contributed by atoms with Gasteiger partial charge in [0.2, 0.25) is 5.95 Å². The molecule has 5 rings (SSSR count). The van der Waals surface area contributed by atoms with Gasteiger partial charge in [-0.15, -0.1) is 0 Å². The lowest BCUT2D eigenvalue weighted by molar-refractivity contribution is 0.0748. The van der Waals surface area contributed by atoms with Gasteiger partial charge >= 0.3 is 0 Å². The van der Waals surface area contributed by atoms with Crippen molar-refractivity contribution in [1.29, 1.82) is 0 Å². The highest BCUT2D eigenvalue weighted by Crippen LogP contribution is 2.27. The van der Waals surface area contributed by atoms with Gasteiger partial charge in [0.1, 0.15) is 0 Å². The molecule has 0 N–H and O–H groups in total. The summed E-state index contributed by atoms with van der Waals surface area (Å²) in [6.07, 6.45) is 5.41. The van der Waals surface area contributed by atoms with Gasteiger partial charge in [0.25, 0.3) is 5.91 Å². The number of rotatable bonds is 4. The molecule has 0 unspecified atom stereocenters. The van der Waals surface area contributed by atoms with Crippen LogP contribution in [0.4, 0.5) is 5.95 Å². The molecule has 1 aliphatic rings. The van der Waals surface area contributed by atoms with Gasteiger partial charge in [0.05, 0.1) is 5.56 Å². The number of nitrogens with zero attached hydrogens (tertiary/aromatic N) is 5. The summed E-state index contributed by atoms with van der Waals surface area (Å²) < 4.78 is 2.08. The average molecular weight is 466 g/mol. The smallest absolute Gasteiger partial charge is 0.256 e. The van der Waals surface area contributed by atoms with Crippen LogP contribution in [0.15, 0.2) is 67.1 Å². The van der Waals surface area contributed by atoms with E-state index in [2.05, 4.69) is 19.4 Å². The SMILES string of the molecule is O=C(c1cn(Cc2ccc(Cl)cc2Cl)c2ccccc12)N1CCN(c2ncccn2)CC1. The molecule has 8 heteroatoms. The van der Waals surface area contributed by atoms with Crippen LogP contribution < -0.4 is 4.90 Å². The van der Waals surface area contributed by atoms with Crippen LogP contribution in [-0.4, -0.2) is 51.5 Å². The van der Waals surface area contributed by atoms with Gasteiger partial charge in [-0.3, -0.25) is 4.79 Å². The molecule has 4 aromatic rings. The average Bonchev–Trinajstić information content (AvgIpc) is 3.19. The number of benzene rings is 2. The van der Waals surface area contributed by atoms with Crippen LogP contribution in [0.1, 0.15) is 15.9 Å². The van der Waals surface area contributed by atoms with Gasteiger partial charge in [-0.05, 0) is 29.8 Å². The number of fused-ring (bicyclic) bond motifs is 1. The van der Waals surface area contributed by atoms with E-state index in [9.17, 15) is 4.79 Å². The lowest BCUT2D eigenvalue weighted by Crippen LogP contribution is -2.49. The number of aromatic nitrogens is 3. The molecule has 1 saturated heterocycles. The minimum atomic E-state index is 0.0378. The predicted octanol–water partition coefficient (Wildman–Crippen LogP) is 4.75. The highest BCUT2D eigenvalue weighted by Gasteiger charge is 2.26. The number of carbonyl (C=O) groups excluding carboxylic acids is 1. The lowest BCUT2D eigenvalue weighted by atomic mass is 10.1. The van der Waals surface area contributed by atoms with Crippen molar-refractivity contribution in [1.82, 2.24) is 19.4 Å². The van der Waals surface area contributed by atoms with Crippen LogP contribution in [0.5, 0.6) is 0 Å². The van der Waals surface area contributed by atoms with Crippen LogP contribution >= 0.6 is 23.2 Å². The molecular formula is C24H21Cl2N5O. The number of piperazine rings is 1. The maximum absolute atomic E-state index is 13.5. The normalized spacial score (nSPS) is 14.2. The molecule has 162 valence electrons. The number of hydrogen-bond acceptors (Lipinski definition) is 4. The summed E-state index contributed by atoms with van der Waals surface area (Å²) in [5.74, 6) is 0.742. The van der Waals surface area contributed by atoms with Crippen molar-refractivity contribution >= 4 is 46.0 Å². The van der Waals surface area contributed by atoms with E-state index in [1.807, 2.05) is 47.5 Å². The summed E-state index contributed by atoms with van der Waals surface area (Å²) in [5.41, 5.74) is 2.65. The van der Waals surface area contributed by atoms with Crippen molar-refractivity contribution in [3.63, 3.8) is 0 Å². The van der Waals surface area contributed by atoms with E-state index in [1.165, 1.54) is 0 Å². The first-order valence-electron chi connectivity index (χ1n) is 10.4. The quantitative estimate of drug-likeness (QED) is 0.436. The Balaban J connectivity index is 1.39. The fourth-order valence-electron chi connectivity index (χ4n) is 4.12. The molecule has 0 radical (unpaired) electrons. The molecule has 3 heterocycles. The maximum Gasteiger partial charge on any atom is 0.256 e. The van der Waals surface area contributed by atoms with Crippen molar-refractivity contribution in [3.8, 4) is 0 Å². The van der Waals surface area contributed by atoms with Crippen molar-refractivity contribution in [3.05, 3.63) is 88.3 Å². The van der Waals surface area contributed by atoms with Crippen LogP contribution in [0.3, 0.4) is 0 Å². The molecule has 0 saturated carbocycles. The van der Waals surface area contributed by atoms with E-state index in [1.54, 1.807) is 24.5 Å².